The summed E-state index contributed by atoms with van der Waals surface area (Å²) in [5, 5.41) is 0. The number of halogens is 1. The van der Waals surface area contributed by atoms with Gasteiger partial charge in [-0.25, -0.2) is 0 Å². The van der Waals surface area contributed by atoms with Crippen LogP contribution < -0.4 is 5.46 Å². The van der Waals surface area contributed by atoms with Gasteiger partial charge >= 0.3 is 7.12 Å². The van der Waals surface area contributed by atoms with Crippen molar-refractivity contribution in [3.05, 3.63) is 22.9 Å². The molecule has 0 aliphatic heterocycles. The minimum atomic E-state index is -0.372. The van der Waals surface area contributed by atoms with Crippen molar-refractivity contribution >= 4 is 28.5 Å². The van der Waals surface area contributed by atoms with Gasteiger partial charge in [-0.3, -0.25) is 4.98 Å². The molecule has 16 heavy (non-hydrogen) atoms. The Morgan fingerprint density at radius 3 is 2.19 bits per heavy atom. The van der Waals surface area contributed by atoms with E-state index in [1.807, 2.05) is 33.8 Å². The molecule has 0 aliphatic carbocycles. The fraction of sp³-hybridized carbons (Fsp3) is 0.545. The van der Waals surface area contributed by atoms with Crippen LogP contribution in [0.5, 0.6) is 0 Å². The maximum atomic E-state index is 5.74. The summed E-state index contributed by atoms with van der Waals surface area (Å²) in [7, 11) is -0.372. The van der Waals surface area contributed by atoms with Gasteiger partial charge in [0.25, 0.3) is 0 Å². The zero-order chi connectivity index (χ0) is 12.1. The molecule has 0 bridgehead atoms. The van der Waals surface area contributed by atoms with Gasteiger partial charge in [0.2, 0.25) is 0 Å². The second-order valence-corrected chi connectivity index (χ2v) is 4.95. The van der Waals surface area contributed by atoms with Crippen LogP contribution in [0.4, 0.5) is 0 Å². The Balaban J connectivity index is 2.87. The van der Waals surface area contributed by atoms with Gasteiger partial charge < -0.3 is 9.31 Å². The third-order valence-corrected chi connectivity index (χ3v) is 2.56. The Morgan fingerprint density at radius 1 is 1.19 bits per heavy atom. The fourth-order valence-corrected chi connectivity index (χ4v) is 1.64. The third kappa shape index (κ3) is 4.24. The van der Waals surface area contributed by atoms with Gasteiger partial charge in [-0.05, 0) is 33.8 Å². The van der Waals surface area contributed by atoms with Gasteiger partial charge in [0, 0.05) is 34.5 Å². The molecule has 0 aromatic carbocycles. The van der Waals surface area contributed by atoms with E-state index in [2.05, 4.69) is 20.9 Å². The number of hydrogen-bond donors (Lipinski definition) is 0. The highest BCUT2D eigenvalue weighted by Crippen LogP contribution is 2.09. The summed E-state index contributed by atoms with van der Waals surface area (Å²) in [5.74, 6) is 0. The van der Waals surface area contributed by atoms with Crippen LogP contribution in [0.2, 0.25) is 0 Å². The molecule has 0 unspecified atom stereocenters. The molecule has 1 aromatic rings. The predicted octanol–water partition coefficient (Wildman–Crippen LogP) is 2.39. The highest BCUT2D eigenvalue weighted by atomic mass is 79.9. The summed E-state index contributed by atoms with van der Waals surface area (Å²) in [6, 6.07) is 1.88. The van der Waals surface area contributed by atoms with E-state index in [9.17, 15) is 0 Å². The molecular weight excluding hydrogens is 269 g/mol. The number of pyridine rings is 1. The highest BCUT2D eigenvalue weighted by Gasteiger charge is 2.26. The van der Waals surface area contributed by atoms with Crippen LogP contribution in [-0.2, 0) is 9.31 Å². The van der Waals surface area contributed by atoms with Crippen LogP contribution in [0.3, 0.4) is 0 Å². The second-order valence-electron chi connectivity index (χ2n) is 4.10. The highest BCUT2D eigenvalue weighted by molar-refractivity contribution is 9.10. The Labute approximate surface area is 106 Å². The summed E-state index contributed by atoms with van der Waals surface area (Å²) in [6.07, 6.45) is 3.71. The lowest BCUT2D eigenvalue weighted by molar-refractivity contribution is 0.139. The first kappa shape index (κ1) is 13.7. The zero-order valence-corrected chi connectivity index (χ0v) is 11.7. The van der Waals surface area contributed by atoms with Crippen LogP contribution >= 0.6 is 15.9 Å². The van der Waals surface area contributed by atoms with E-state index in [0.717, 1.165) is 9.94 Å². The van der Waals surface area contributed by atoms with Crippen molar-refractivity contribution < 1.29 is 9.31 Å². The smallest absolute Gasteiger partial charge is 0.405 e. The molecule has 0 spiro atoms. The second kappa shape index (κ2) is 6.37. The summed E-state index contributed by atoms with van der Waals surface area (Å²) >= 11 is 3.48. The Bertz CT molecular complexity index is 324. The number of rotatable bonds is 5. The maximum absolute atomic E-state index is 5.74. The molecule has 0 aliphatic rings. The van der Waals surface area contributed by atoms with Crippen LogP contribution in [0.25, 0.3) is 0 Å². The lowest BCUT2D eigenvalue weighted by Crippen LogP contribution is -2.41. The van der Waals surface area contributed by atoms with Gasteiger partial charge in [0.1, 0.15) is 0 Å². The molecule has 3 nitrogen and oxygen atoms in total. The summed E-state index contributed by atoms with van der Waals surface area (Å²) in [4.78, 5) is 4.09. The van der Waals surface area contributed by atoms with E-state index in [4.69, 9.17) is 9.31 Å². The number of aromatic nitrogens is 1. The standard InChI is InChI=1S/C11H17BBrNO2/c1-8(2)15-12(16-9(3)4)10-7-14-6-5-11(10)13/h5-9H,1-4H3. The molecule has 0 radical (unpaired) electrons. The molecule has 0 fully saturated rings. The van der Waals surface area contributed by atoms with Crippen molar-refractivity contribution in [2.75, 3.05) is 0 Å². The van der Waals surface area contributed by atoms with E-state index in [1.165, 1.54) is 0 Å². The van der Waals surface area contributed by atoms with Gasteiger partial charge in [-0.15, -0.1) is 0 Å². The fourth-order valence-electron chi connectivity index (χ4n) is 1.24. The molecule has 5 heteroatoms. The number of hydrogen-bond acceptors (Lipinski definition) is 3. The number of nitrogens with zero attached hydrogens (tertiary/aromatic N) is 1. The van der Waals surface area contributed by atoms with Gasteiger partial charge in [-0.1, -0.05) is 15.9 Å². The first-order valence-corrected chi connectivity index (χ1v) is 6.20. The average Bonchev–Trinajstić information content (AvgIpc) is 2.15. The summed E-state index contributed by atoms with van der Waals surface area (Å²) in [5.41, 5.74) is 0.921. The van der Waals surface area contributed by atoms with Crippen LogP contribution in [0.1, 0.15) is 27.7 Å². The largest absolute Gasteiger partial charge is 0.496 e. The monoisotopic (exact) mass is 285 g/mol. The van der Waals surface area contributed by atoms with Gasteiger partial charge in [-0.2, -0.15) is 0 Å². The van der Waals surface area contributed by atoms with Crippen molar-refractivity contribution in [1.29, 1.82) is 0 Å². The Hall–Kier alpha value is -0.385. The first-order chi connectivity index (χ1) is 7.50. The summed E-state index contributed by atoms with van der Waals surface area (Å²) in [6.45, 7) is 7.95. The van der Waals surface area contributed by atoms with E-state index in [1.54, 1.807) is 12.4 Å². The van der Waals surface area contributed by atoms with Crippen molar-refractivity contribution in [1.82, 2.24) is 4.98 Å². The minimum Gasteiger partial charge on any atom is -0.405 e. The Morgan fingerprint density at radius 2 is 1.75 bits per heavy atom. The first-order valence-electron chi connectivity index (χ1n) is 5.41. The van der Waals surface area contributed by atoms with Crippen molar-refractivity contribution in [2.24, 2.45) is 0 Å². The molecule has 0 atom stereocenters. The lowest BCUT2D eigenvalue weighted by Gasteiger charge is -2.20. The lowest BCUT2D eigenvalue weighted by atomic mass is 9.79. The molecule has 0 saturated carbocycles. The molecule has 1 heterocycles. The molecule has 88 valence electrons. The molecule has 0 N–H and O–H groups in total. The van der Waals surface area contributed by atoms with Crippen LogP contribution in [0, 0.1) is 0 Å². The van der Waals surface area contributed by atoms with Crippen molar-refractivity contribution in [3.63, 3.8) is 0 Å². The van der Waals surface area contributed by atoms with Crippen molar-refractivity contribution in [3.8, 4) is 0 Å². The third-order valence-electron chi connectivity index (χ3n) is 1.84. The predicted molar refractivity (Wildman–Crippen MR) is 69.8 cm³/mol. The van der Waals surface area contributed by atoms with E-state index >= 15 is 0 Å². The van der Waals surface area contributed by atoms with Crippen molar-refractivity contribution in [2.45, 2.75) is 39.9 Å². The minimum absolute atomic E-state index is 0.107. The molecule has 0 saturated heterocycles. The van der Waals surface area contributed by atoms with E-state index in [0.29, 0.717) is 0 Å². The molecular formula is C11H17BBrNO2. The van der Waals surface area contributed by atoms with E-state index in [-0.39, 0.29) is 19.3 Å². The quantitative estimate of drug-likeness (QED) is 0.779. The molecule has 0 amide bonds. The molecule has 1 aromatic heterocycles. The summed E-state index contributed by atoms with van der Waals surface area (Å²) < 4.78 is 12.4. The van der Waals surface area contributed by atoms with Crippen LogP contribution in [0.15, 0.2) is 22.9 Å². The normalized spacial score (nSPS) is 11.2. The van der Waals surface area contributed by atoms with Gasteiger partial charge in [0.05, 0.1) is 0 Å². The maximum Gasteiger partial charge on any atom is 0.496 e. The molecule has 1 rings (SSSR count). The van der Waals surface area contributed by atoms with E-state index < -0.39 is 0 Å². The van der Waals surface area contributed by atoms with Gasteiger partial charge in [0.15, 0.2) is 0 Å². The average molecular weight is 286 g/mol. The SMILES string of the molecule is CC(C)OB(OC(C)C)c1cnccc1Br. The Kier molecular flexibility index (Phi) is 5.45. The zero-order valence-electron chi connectivity index (χ0n) is 10.1. The van der Waals surface area contributed by atoms with Crippen LogP contribution in [-0.4, -0.2) is 24.3 Å². The topological polar surface area (TPSA) is 31.4 Å².